The highest BCUT2D eigenvalue weighted by atomic mass is 79.9. The van der Waals surface area contributed by atoms with E-state index in [9.17, 15) is 0 Å². The molecule has 0 bridgehead atoms. The van der Waals surface area contributed by atoms with Crippen LogP contribution in [-0.4, -0.2) is 17.1 Å². The third kappa shape index (κ3) is 2.20. The van der Waals surface area contributed by atoms with E-state index < -0.39 is 0 Å². The Hall–Kier alpha value is -2.20. The van der Waals surface area contributed by atoms with Crippen LogP contribution in [0, 0.1) is 0 Å². The Labute approximate surface area is 136 Å². The van der Waals surface area contributed by atoms with Crippen LogP contribution in [0.25, 0.3) is 21.8 Å². The summed E-state index contributed by atoms with van der Waals surface area (Å²) in [4.78, 5) is 6.68. The highest BCUT2D eigenvalue weighted by Gasteiger charge is 2.09. The van der Waals surface area contributed by atoms with Gasteiger partial charge in [-0.3, -0.25) is 0 Å². The fraction of sp³-hybridized carbons (Fsp3) is 0.111. The lowest BCUT2D eigenvalue weighted by Crippen LogP contribution is -1.86. The Morgan fingerprint density at radius 1 is 0.909 bits per heavy atom. The molecule has 0 aliphatic rings. The second-order valence-electron chi connectivity index (χ2n) is 5.41. The van der Waals surface area contributed by atoms with Gasteiger partial charge in [-0.2, -0.15) is 0 Å². The topological polar surface area (TPSA) is 40.8 Å². The Morgan fingerprint density at radius 2 is 1.55 bits per heavy atom. The molecule has 3 nitrogen and oxygen atoms in total. The van der Waals surface area contributed by atoms with Gasteiger partial charge in [-0.1, -0.05) is 15.9 Å². The zero-order valence-electron chi connectivity index (χ0n) is 12.1. The molecule has 0 aliphatic carbocycles. The summed E-state index contributed by atoms with van der Waals surface area (Å²) in [6, 6.07) is 12.4. The van der Waals surface area contributed by atoms with Crippen molar-refractivity contribution in [3.8, 4) is 5.75 Å². The number of ether oxygens (including phenoxy) is 1. The van der Waals surface area contributed by atoms with E-state index in [4.69, 9.17) is 4.74 Å². The number of H-pyrrole nitrogens is 2. The van der Waals surface area contributed by atoms with Crippen molar-refractivity contribution in [1.82, 2.24) is 9.97 Å². The first-order chi connectivity index (χ1) is 10.7. The average Bonchev–Trinajstić information content (AvgIpc) is 3.12. The maximum absolute atomic E-state index is 5.34. The van der Waals surface area contributed by atoms with Gasteiger partial charge in [0.25, 0.3) is 0 Å². The minimum Gasteiger partial charge on any atom is -0.497 e. The maximum atomic E-state index is 5.34. The number of benzene rings is 2. The van der Waals surface area contributed by atoms with Gasteiger partial charge in [-0.15, -0.1) is 0 Å². The molecule has 2 N–H and O–H groups in total. The number of methoxy groups -OCH3 is 1. The molecule has 22 heavy (non-hydrogen) atoms. The molecule has 0 aliphatic heterocycles. The SMILES string of the molecule is COc1ccc2[nH]cc(Cc3c[nH]c4ccc(Br)cc34)c2c1. The van der Waals surface area contributed by atoms with E-state index in [1.165, 1.54) is 21.9 Å². The number of fused-ring (bicyclic) bond motifs is 2. The normalized spacial score (nSPS) is 11.4. The summed E-state index contributed by atoms with van der Waals surface area (Å²) >= 11 is 3.55. The van der Waals surface area contributed by atoms with Crippen molar-refractivity contribution in [2.24, 2.45) is 0 Å². The molecule has 0 amide bonds. The van der Waals surface area contributed by atoms with Gasteiger partial charge in [0.15, 0.2) is 0 Å². The smallest absolute Gasteiger partial charge is 0.119 e. The number of rotatable bonds is 3. The molecule has 0 unspecified atom stereocenters. The van der Waals surface area contributed by atoms with E-state index in [1.54, 1.807) is 7.11 Å². The maximum Gasteiger partial charge on any atom is 0.119 e. The summed E-state index contributed by atoms with van der Waals surface area (Å²) in [5.74, 6) is 0.884. The Bertz CT molecular complexity index is 968. The zero-order valence-corrected chi connectivity index (χ0v) is 13.7. The van der Waals surface area contributed by atoms with E-state index in [1.807, 2.05) is 6.07 Å². The standard InChI is InChI=1S/C18H15BrN2O/c1-22-14-3-5-18-16(8-14)12(10-21-18)6-11-9-20-17-4-2-13(19)7-15(11)17/h2-5,7-10,20-21H,6H2,1H3. The highest BCUT2D eigenvalue weighted by Crippen LogP contribution is 2.29. The second-order valence-corrected chi connectivity index (χ2v) is 6.32. The van der Waals surface area contributed by atoms with Gasteiger partial charge in [-0.05, 0) is 47.5 Å². The monoisotopic (exact) mass is 354 g/mol. The van der Waals surface area contributed by atoms with Crippen molar-refractivity contribution < 1.29 is 4.74 Å². The summed E-state index contributed by atoms with van der Waals surface area (Å²) in [6.07, 6.45) is 5.06. The first-order valence-corrected chi connectivity index (χ1v) is 7.93. The van der Waals surface area contributed by atoms with Crippen LogP contribution in [0.15, 0.2) is 53.3 Å². The molecule has 110 valence electrons. The van der Waals surface area contributed by atoms with Crippen LogP contribution in [-0.2, 0) is 6.42 Å². The predicted octanol–water partition coefficient (Wildman–Crippen LogP) is 5.01. The van der Waals surface area contributed by atoms with Gasteiger partial charge in [-0.25, -0.2) is 0 Å². The molecule has 2 heterocycles. The molecule has 0 atom stereocenters. The first kappa shape index (κ1) is 13.5. The van der Waals surface area contributed by atoms with Crippen LogP contribution in [0.3, 0.4) is 0 Å². The van der Waals surface area contributed by atoms with Gasteiger partial charge in [0.1, 0.15) is 5.75 Å². The molecule has 0 saturated carbocycles. The molecule has 0 saturated heterocycles. The highest BCUT2D eigenvalue weighted by molar-refractivity contribution is 9.10. The number of hydrogen-bond acceptors (Lipinski definition) is 1. The van der Waals surface area contributed by atoms with E-state index in [2.05, 4.69) is 68.6 Å². The number of nitrogens with one attached hydrogen (secondary N) is 2. The van der Waals surface area contributed by atoms with Crippen molar-refractivity contribution in [2.45, 2.75) is 6.42 Å². The third-order valence-electron chi connectivity index (χ3n) is 4.08. The van der Waals surface area contributed by atoms with Gasteiger partial charge < -0.3 is 14.7 Å². The van der Waals surface area contributed by atoms with Crippen LogP contribution in [0.4, 0.5) is 0 Å². The third-order valence-corrected chi connectivity index (χ3v) is 4.58. The summed E-state index contributed by atoms with van der Waals surface area (Å²) in [7, 11) is 1.70. The molecule has 4 heteroatoms. The van der Waals surface area contributed by atoms with Crippen molar-refractivity contribution in [3.63, 3.8) is 0 Å². The molecular weight excluding hydrogens is 340 g/mol. The minimum absolute atomic E-state index is 0.879. The number of halogens is 1. The molecule has 2 aromatic heterocycles. The van der Waals surface area contributed by atoms with E-state index in [0.717, 1.165) is 27.7 Å². The molecule has 4 aromatic rings. The minimum atomic E-state index is 0.879. The largest absolute Gasteiger partial charge is 0.497 e. The van der Waals surface area contributed by atoms with Gasteiger partial charge in [0.2, 0.25) is 0 Å². The Kier molecular flexibility index (Phi) is 3.19. The van der Waals surface area contributed by atoms with Crippen LogP contribution in [0.1, 0.15) is 11.1 Å². The fourth-order valence-corrected chi connectivity index (χ4v) is 3.29. The second kappa shape index (κ2) is 5.21. The van der Waals surface area contributed by atoms with Gasteiger partial charge in [0.05, 0.1) is 7.11 Å². The summed E-state index contributed by atoms with van der Waals surface area (Å²) in [5.41, 5.74) is 4.86. The molecule has 2 aromatic carbocycles. The van der Waals surface area contributed by atoms with Crippen molar-refractivity contribution in [2.75, 3.05) is 7.11 Å². The van der Waals surface area contributed by atoms with Crippen LogP contribution in [0.5, 0.6) is 5.75 Å². The van der Waals surface area contributed by atoms with Crippen molar-refractivity contribution in [1.29, 1.82) is 0 Å². The average molecular weight is 355 g/mol. The summed E-state index contributed by atoms with van der Waals surface area (Å²) < 4.78 is 6.44. The predicted molar refractivity (Wildman–Crippen MR) is 93.7 cm³/mol. The van der Waals surface area contributed by atoms with Crippen LogP contribution in [0.2, 0.25) is 0 Å². The van der Waals surface area contributed by atoms with Crippen molar-refractivity contribution >= 4 is 37.7 Å². The lowest BCUT2D eigenvalue weighted by molar-refractivity contribution is 0.415. The molecular formula is C18H15BrN2O. The molecule has 0 spiro atoms. The first-order valence-electron chi connectivity index (χ1n) is 7.14. The summed E-state index contributed by atoms with van der Waals surface area (Å²) in [6.45, 7) is 0. The van der Waals surface area contributed by atoms with Crippen LogP contribution >= 0.6 is 15.9 Å². The Morgan fingerprint density at radius 3 is 2.23 bits per heavy atom. The molecule has 4 rings (SSSR count). The summed E-state index contributed by atoms with van der Waals surface area (Å²) in [5, 5.41) is 2.47. The molecule has 0 radical (unpaired) electrons. The van der Waals surface area contributed by atoms with Gasteiger partial charge in [0, 0.05) is 45.1 Å². The lowest BCUT2D eigenvalue weighted by Gasteiger charge is -2.02. The van der Waals surface area contributed by atoms with Crippen LogP contribution < -0.4 is 4.74 Å². The van der Waals surface area contributed by atoms with Gasteiger partial charge >= 0.3 is 0 Å². The fourth-order valence-electron chi connectivity index (χ4n) is 2.93. The van der Waals surface area contributed by atoms with E-state index in [0.29, 0.717) is 0 Å². The van der Waals surface area contributed by atoms with E-state index in [-0.39, 0.29) is 0 Å². The zero-order chi connectivity index (χ0) is 15.1. The molecule has 0 fully saturated rings. The Balaban J connectivity index is 1.80. The van der Waals surface area contributed by atoms with E-state index >= 15 is 0 Å². The quantitative estimate of drug-likeness (QED) is 0.533. The number of aromatic nitrogens is 2. The number of aromatic amines is 2. The number of hydrogen-bond donors (Lipinski definition) is 2. The lowest BCUT2D eigenvalue weighted by atomic mass is 10.0. The van der Waals surface area contributed by atoms with Crippen molar-refractivity contribution in [3.05, 3.63) is 64.4 Å².